The maximum atomic E-state index is 13.5. The quantitative estimate of drug-likeness (QED) is 0.554. The van der Waals surface area contributed by atoms with E-state index in [1.165, 1.54) is 29.5 Å². The molecule has 7 rings (SSSR count). The first-order valence-corrected chi connectivity index (χ1v) is 13.7. The number of methoxy groups -OCH3 is 1. The highest BCUT2D eigenvalue weighted by Gasteiger charge is 2.49. The largest absolute Gasteiger partial charge is 0.497 e. The van der Waals surface area contributed by atoms with Gasteiger partial charge in [0.2, 0.25) is 6.79 Å². The van der Waals surface area contributed by atoms with Crippen molar-refractivity contribution in [2.24, 2.45) is 13.0 Å². The standard InChI is InChI=1S/C30H35N3O5/c1-31-23-14-21(36-2)6-7-22(23)27-28(31)24(16-34)33(15-19-3-4-19)17-30(27)9-11-32(12-10-30)29(35)20-5-8-25-26(13-20)38-18-37-25/h5-8,13-14,19,24,34H,3-4,9-12,15-18H2,1-2H3/t24-/m1/s1. The van der Waals surface area contributed by atoms with Gasteiger partial charge >= 0.3 is 0 Å². The third-order valence-electron chi connectivity index (χ3n) is 9.24. The van der Waals surface area contributed by atoms with Crippen molar-refractivity contribution in [3.63, 3.8) is 0 Å². The molecule has 0 bridgehead atoms. The Kier molecular flexibility index (Phi) is 5.60. The van der Waals surface area contributed by atoms with Gasteiger partial charge in [-0.3, -0.25) is 9.69 Å². The molecule has 1 N–H and O–H groups in total. The number of likely N-dealkylation sites (tertiary alicyclic amines) is 1. The molecule has 1 saturated carbocycles. The third kappa shape index (κ3) is 3.68. The zero-order valence-corrected chi connectivity index (χ0v) is 22.1. The van der Waals surface area contributed by atoms with E-state index in [0.717, 1.165) is 43.1 Å². The van der Waals surface area contributed by atoms with Gasteiger partial charge < -0.3 is 28.8 Å². The number of aliphatic hydroxyl groups excluding tert-OH is 1. The van der Waals surface area contributed by atoms with Gasteiger partial charge in [0.1, 0.15) is 5.75 Å². The minimum Gasteiger partial charge on any atom is -0.497 e. The Labute approximate surface area is 222 Å². The number of hydrogen-bond acceptors (Lipinski definition) is 6. The molecule has 2 aromatic carbocycles. The average molecular weight is 518 g/mol. The molecule has 1 atom stereocenters. The summed E-state index contributed by atoms with van der Waals surface area (Å²) in [5.41, 5.74) is 4.29. The van der Waals surface area contributed by atoms with E-state index >= 15 is 0 Å². The molecule has 1 spiro atoms. The van der Waals surface area contributed by atoms with Crippen molar-refractivity contribution in [3.05, 3.63) is 53.2 Å². The van der Waals surface area contributed by atoms with Crippen LogP contribution in [0.2, 0.25) is 0 Å². The van der Waals surface area contributed by atoms with E-state index in [4.69, 9.17) is 14.2 Å². The van der Waals surface area contributed by atoms with Crippen molar-refractivity contribution in [1.82, 2.24) is 14.4 Å². The molecule has 3 aromatic rings. The summed E-state index contributed by atoms with van der Waals surface area (Å²) in [5, 5.41) is 11.9. The Balaban J connectivity index is 1.25. The van der Waals surface area contributed by atoms with E-state index in [1.807, 2.05) is 23.1 Å². The van der Waals surface area contributed by atoms with Crippen LogP contribution in [0, 0.1) is 5.92 Å². The summed E-state index contributed by atoms with van der Waals surface area (Å²) in [6.07, 6.45) is 4.33. The van der Waals surface area contributed by atoms with Crippen LogP contribution in [0.5, 0.6) is 17.2 Å². The zero-order valence-electron chi connectivity index (χ0n) is 22.1. The van der Waals surface area contributed by atoms with Crippen LogP contribution >= 0.6 is 0 Å². The Morgan fingerprint density at radius 1 is 1.11 bits per heavy atom. The number of piperidine rings is 1. The van der Waals surface area contributed by atoms with Crippen LogP contribution in [-0.4, -0.2) is 72.1 Å². The second kappa shape index (κ2) is 8.92. The summed E-state index contributed by atoms with van der Waals surface area (Å²) >= 11 is 0. The highest BCUT2D eigenvalue weighted by molar-refractivity contribution is 5.95. The number of aryl methyl sites for hydroxylation is 1. The first-order chi connectivity index (χ1) is 18.5. The van der Waals surface area contributed by atoms with E-state index in [1.54, 1.807) is 13.2 Å². The van der Waals surface area contributed by atoms with E-state index in [0.29, 0.717) is 30.2 Å². The summed E-state index contributed by atoms with van der Waals surface area (Å²) in [4.78, 5) is 18.0. The second-order valence-electron chi connectivity index (χ2n) is 11.4. The van der Waals surface area contributed by atoms with Crippen molar-refractivity contribution < 1.29 is 24.1 Å². The average Bonchev–Trinajstić information content (AvgIpc) is 3.55. The van der Waals surface area contributed by atoms with Crippen molar-refractivity contribution in [2.75, 3.05) is 46.7 Å². The highest BCUT2D eigenvalue weighted by Crippen LogP contribution is 2.51. The van der Waals surface area contributed by atoms with Gasteiger partial charge in [-0.25, -0.2) is 0 Å². The van der Waals surface area contributed by atoms with E-state index in [-0.39, 0.29) is 30.8 Å². The number of carbonyl (C=O) groups excluding carboxylic acids is 1. The SMILES string of the molecule is COc1ccc2c3c(n(C)c2c1)[C@@H](CO)N(CC1CC1)CC31CCN(C(=O)c2ccc3c(c2)OCO3)CC1. The molecule has 8 heteroatoms. The van der Waals surface area contributed by atoms with Gasteiger partial charge in [0.15, 0.2) is 11.5 Å². The number of fused-ring (bicyclic) bond motifs is 5. The summed E-state index contributed by atoms with van der Waals surface area (Å²) in [6.45, 7) is 3.63. The van der Waals surface area contributed by atoms with Crippen LogP contribution < -0.4 is 14.2 Å². The van der Waals surface area contributed by atoms with Gasteiger partial charge in [-0.05, 0) is 67.5 Å². The lowest BCUT2D eigenvalue weighted by molar-refractivity contribution is 0.0390. The number of nitrogens with zero attached hydrogens (tertiary/aromatic N) is 3. The number of hydrogen-bond donors (Lipinski definition) is 1. The lowest BCUT2D eigenvalue weighted by Crippen LogP contribution is -2.55. The minimum atomic E-state index is -0.0738. The van der Waals surface area contributed by atoms with Crippen LogP contribution in [0.3, 0.4) is 0 Å². The Bertz CT molecular complexity index is 1400. The number of aliphatic hydroxyl groups is 1. The van der Waals surface area contributed by atoms with Crippen molar-refractivity contribution in [3.8, 4) is 17.2 Å². The molecule has 1 amide bonds. The first kappa shape index (κ1) is 23.9. The maximum Gasteiger partial charge on any atom is 0.253 e. The molecule has 0 radical (unpaired) electrons. The van der Waals surface area contributed by atoms with Crippen molar-refractivity contribution >= 4 is 16.8 Å². The van der Waals surface area contributed by atoms with Gasteiger partial charge in [-0.15, -0.1) is 0 Å². The van der Waals surface area contributed by atoms with Gasteiger partial charge in [0, 0.05) is 61.4 Å². The van der Waals surface area contributed by atoms with Crippen LogP contribution in [0.15, 0.2) is 36.4 Å². The lowest BCUT2D eigenvalue weighted by Gasteiger charge is -2.50. The molecular weight excluding hydrogens is 482 g/mol. The molecule has 1 saturated heterocycles. The predicted octanol–water partition coefficient (Wildman–Crippen LogP) is 3.85. The summed E-state index contributed by atoms with van der Waals surface area (Å²) < 4.78 is 18.8. The number of aromatic nitrogens is 1. The Morgan fingerprint density at radius 2 is 1.89 bits per heavy atom. The van der Waals surface area contributed by atoms with Gasteiger partial charge in [-0.1, -0.05) is 0 Å². The first-order valence-electron chi connectivity index (χ1n) is 13.7. The molecule has 4 aliphatic rings. The fraction of sp³-hybridized carbons (Fsp3) is 0.500. The van der Waals surface area contributed by atoms with Crippen LogP contribution in [0.4, 0.5) is 0 Å². The predicted molar refractivity (Wildman–Crippen MR) is 143 cm³/mol. The monoisotopic (exact) mass is 517 g/mol. The van der Waals surface area contributed by atoms with Crippen LogP contribution in [0.25, 0.3) is 10.9 Å². The van der Waals surface area contributed by atoms with Gasteiger partial charge in [0.25, 0.3) is 5.91 Å². The molecule has 4 heterocycles. The minimum absolute atomic E-state index is 0.0204. The number of benzene rings is 2. The van der Waals surface area contributed by atoms with Gasteiger partial charge in [0.05, 0.1) is 25.3 Å². The third-order valence-corrected chi connectivity index (χ3v) is 9.24. The molecule has 0 unspecified atom stereocenters. The Hall–Kier alpha value is -3.23. The number of carbonyl (C=O) groups is 1. The number of amides is 1. The fourth-order valence-electron chi connectivity index (χ4n) is 7.05. The molecule has 3 aliphatic heterocycles. The molecule has 8 nitrogen and oxygen atoms in total. The van der Waals surface area contributed by atoms with Gasteiger partial charge in [-0.2, -0.15) is 0 Å². The molecule has 200 valence electrons. The zero-order chi connectivity index (χ0) is 26.0. The summed E-state index contributed by atoms with van der Waals surface area (Å²) in [6, 6.07) is 11.8. The normalized spacial score (nSPS) is 22.2. The van der Waals surface area contributed by atoms with E-state index in [2.05, 4.69) is 28.6 Å². The number of ether oxygens (including phenoxy) is 3. The molecular formula is C30H35N3O5. The smallest absolute Gasteiger partial charge is 0.253 e. The van der Waals surface area contributed by atoms with Crippen molar-refractivity contribution in [1.29, 1.82) is 0 Å². The Morgan fingerprint density at radius 3 is 2.63 bits per heavy atom. The summed E-state index contributed by atoms with van der Waals surface area (Å²) in [5.74, 6) is 2.93. The second-order valence-corrected chi connectivity index (χ2v) is 11.4. The lowest BCUT2D eigenvalue weighted by atomic mass is 9.68. The summed E-state index contributed by atoms with van der Waals surface area (Å²) in [7, 11) is 3.82. The van der Waals surface area contributed by atoms with Crippen LogP contribution in [-0.2, 0) is 12.5 Å². The maximum absolute atomic E-state index is 13.5. The fourth-order valence-corrected chi connectivity index (χ4v) is 7.05. The molecule has 38 heavy (non-hydrogen) atoms. The highest BCUT2D eigenvalue weighted by atomic mass is 16.7. The number of rotatable bonds is 5. The topological polar surface area (TPSA) is 76.4 Å². The van der Waals surface area contributed by atoms with E-state index in [9.17, 15) is 9.90 Å². The van der Waals surface area contributed by atoms with Crippen molar-refractivity contribution in [2.45, 2.75) is 37.1 Å². The van der Waals surface area contributed by atoms with E-state index < -0.39 is 0 Å². The molecule has 1 aliphatic carbocycles. The molecule has 2 fully saturated rings. The molecule has 1 aromatic heterocycles. The van der Waals surface area contributed by atoms with Crippen LogP contribution in [0.1, 0.15) is 53.3 Å².